The van der Waals surface area contributed by atoms with Gasteiger partial charge in [-0.1, -0.05) is 37.2 Å². The molecule has 3 rings (SSSR count). The number of fused-ring (bicyclic) bond motifs is 1. The quantitative estimate of drug-likeness (QED) is 0.533. The van der Waals surface area contributed by atoms with Crippen molar-refractivity contribution in [1.29, 1.82) is 0 Å². The molecule has 0 saturated carbocycles. The number of nitrogens with one attached hydrogen (secondary N) is 1. The number of carbonyl (C=O) groups is 1. The molecule has 0 aliphatic carbocycles. The third kappa shape index (κ3) is 4.10. The fraction of sp³-hybridized carbons (Fsp3) is 0.421. The molecule has 0 spiro atoms. The zero-order valence-corrected chi connectivity index (χ0v) is 16.7. The lowest BCUT2D eigenvalue weighted by Gasteiger charge is -2.27. The van der Waals surface area contributed by atoms with E-state index in [1.54, 1.807) is 16.4 Å². The monoisotopic (exact) mass is 387 g/mol. The highest BCUT2D eigenvalue weighted by Crippen LogP contribution is 2.36. The number of nitrogens with zero attached hydrogens (tertiary/aromatic N) is 3. The van der Waals surface area contributed by atoms with E-state index in [-0.39, 0.29) is 0 Å². The molecule has 2 heterocycles. The Morgan fingerprint density at radius 3 is 2.70 bits per heavy atom. The highest BCUT2D eigenvalue weighted by molar-refractivity contribution is 7.99. The molecule has 1 aliphatic heterocycles. The molecule has 1 atom stereocenters. The number of amides is 1. The molecule has 3 N–H and O–H groups in total. The molecule has 1 amide bonds. The van der Waals surface area contributed by atoms with Gasteiger partial charge in [0.05, 0.1) is 12.2 Å². The molecular weight excluding hydrogens is 362 g/mol. The summed E-state index contributed by atoms with van der Waals surface area (Å²) in [7, 11) is 0. The van der Waals surface area contributed by atoms with Crippen molar-refractivity contribution in [3.05, 3.63) is 41.1 Å². The van der Waals surface area contributed by atoms with Crippen LogP contribution in [-0.2, 0) is 4.79 Å². The number of primary amides is 1. The molecule has 27 heavy (non-hydrogen) atoms. The minimum atomic E-state index is -0.472. The maximum absolute atomic E-state index is 12.2. The number of ether oxygens (including phenoxy) is 1. The van der Waals surface area contributed by atoms with E-state index in [1.165, 1.54) is 0 Å². The molecule has 0 fully saturated rings. The summed E-state index contributed by atoms with van der Waals surface area (Å²) in [6.45, 7) is 6.53. The summed E-state index contributed by atoms with van der Waals surface area (Å²) in [5.74, 6) is 1.89. The highest BCUT2D eigenvalue weighted by atomic mass is 32.2. The molecule has 1 aromatic heterocycles. The van der Waals surface area contributed by atoms with Crippen LogP contribution in [0.15, 0.2) is 40.7 Å². The van der Waals surface area contributed by atoms with Crippen molar-refractivity contribution in [2.24, 2.45) is 5.73 Å². The summed E-state index contributed by atoms with van der Waals surface area (Å²) in [6, 6.07) is 7.24. The zero-order valence-electron chi connectivity index (χ0n) is 15.9. The summed E-state index contributed by atoms with van der Waals surface area (Å²) in [5.41, 5.74) is 7.79. The van der Waals surface area contributed by atoms with Gasteiger partial charge >= 0.3 is 0 Å². The van der Waals surface area contributed by atoms with Gasteiger partial charge in [-0.15, -0.1) is 5.10 Å². The number of hydrogen-bond donors (Lipinski definition) is 2. The van der Waals surface area contributed by atoms with Crippen LogP contribution in [0, 0.1) is 0 Å². The second-order valence-corrected chi connectivity index (χ2v) is 7.36. The predicted octanol–water partition coefficient (Wildman–Crippen LogP) is 3.34. The fourth-order valence-electron chi connectivity index (χ4n) is 3.04. The Bertz CT molecular complexity index is 844. The lowest BCUT2D eigenvalue weighted by molar-refractivity contribution is -0.115. The van der Waals surface area contributed by atoms with Crippen LogP contribution in [0.4, 0.5) is 5.95 Å². The number of unbranched alkanes of at least 4 members (excludes halogenated alkanes) is 1. The normalized spacial score (nSPS) is 16.0. The minimum absolute atomic E-state index is 0.414. The molecule has 2 aromatic rings. The molecule has 8 heteroatoms. The summed E-state index contributed by atoms with van der Waals surface area (Å²) >= 11 is 1.62. The van der Waals surface area contributed by atoms with Gasteiger partial charge in [0.25, 0.3) is 0 Å². The van der Waals surface area contributed by atoms with Crippen LogP contribution in [0.25, 0.3) is 0 Å². The second-order valence-electron chi connectivity index (χ2n) is 6.30. The Morgan fingerprint density at radius 2 is 2.07 bits per heavy atom. The molecule has 0 bridgehead atoms. The number of thioether (sulfide) groups is 1. The van der Waals surface area contributed by atoms with Crippen molar-refractivity contribution in [2.75, 3.05) is 17.7 Å². The molecule has 1 unspecified atom stereocenters. The van der Waals surface area contributed by atoms with Crippen molar-refractivity contribution in [3.63, 3.8) is 0 Å². The lowest BCUT2D eigenvalue weighted by atomic mass is 9.95. The first kappa shape index (κ1) is 19.3. The molecule has 0 radical (unpaired) electrons. The van der Waals surface area contributed by atoms with Gasteiger partial charge in [0.1, 0.15) is 11.8 Å². The van der Waals surface area contributed by atoms with Crippen molar-refractivity contribution in [3.8, 4) is 5.75 Å². The average molecular weight is 388 g/mol. The Balaban J connectivity index is 1.99. The minimum Gasteiger partial charge on any atom is -0.494 e. The summed E-state index contributed by atoms with van der Waals surface area (Å²) in [6.07, 6.45) is 2.23. The zero-order chi connectivity index (χ0) is 19.4. The van der Waals surface area contributed by atoms with Gasteiger partial charge in [-0.05, 0) is 38.0 Å². The van der Waals surface area contributed by atoms with E-state index in [2.05, 4.69) is 22.3 Å². The van der Waals surface area contributed by atoms with Crippen LogP contribution >= 0.6 is 11.8 Å². The number of benzene rings is 1. The van der Waals surface area contributed by atoms with Crippen molar-refractivity contribution in [2.45, 2.75) is 44.8 Å². The van der Waals surface area contributed by atoms with Gasteiger partial charge in [-0.2, -0.15) is 4.98 Å². The van der Waals surface area contributed by atoms with E-state index in [4.69, 9.17) is 10.5 Å². The number of nitrogens with two attached hydrogens (primary N) is 1. The van der Waals surface area contributed by atoms with E-state index < -0.39 is 11.9 Å². The van der Waals surface area contributed by atoms with Crippen molar-refractivity contribution in [1.82, 2.24) is 14.8 Å². The second kappa shape index (κ2) is 8.47. The summed E-state index contributed by atoms with van der Waals surface area (Å²) < 4.78 is 7.27. The number of aromatic nitrogens is 3. The summed E-state index contributed by atoms with van der Waals surface area (Å²) in [4.78, 5) is 16.8. The Labute approximate surface area is 163 Å². The summed E-state index contributed by atoms with van der Waals surface area (Å²) in [5, 5.41) is 8.50. The van der Waals surface area contributed by atoms with E-state index in [1.807, 2.05) is 38.1 Å². The van der Waals surface area contributed by atoms with Gasteiger partial charge in [0.2, 0.25) is 17.0 Å². The lowest BCUT2D eigenvalue weighted by Crippen LogP contribution is -2.31. The molecule has 0 saturated heterocycles. The number of anilines is 1. The number of allylic oxidation sites excluding steroid dienone is 1. The van der Waals surface area contributed by atoms with Crippen molar-refractivity contribution < 1.29 is 9.53 Å². The van der Waals surface area contributed by atoms with Gasteiger partial charge < -0.3 is 15.8 Å². The molecule has 1 aliphatic rings. The largest absolute Gasteiger partial charge is 0.494 e. The average Bonchev–Trinajstić information content (AvgIpc) is 3.04. The maximum Gasteiger partial charge on any atom is 0.248 e. The predicted molar refractivity (Wildman–Crippen MR) is 107 cm³/mol. The van der Waals surface area contributed by atoms with Crippen LogP contribution < -0.4 is 15.8 Å². The van der Waals surface area contributed by atoms with Gasteiger partial charge in [-0.25, -0.2) is 4.68 Å². The fourth-order valence-corrected chi connectivity index (χ4v) is 3.95. The SMILES string of the molecule is CCCCSc1nc2n(n1)C(c1ccc(OCC)cc1)C(C(N)=O)=C(C)N2. The smallest absolute Gasteiger partial charge is 0.248 e. The first-order chi connectivity index (χ1) is 13.0. The molecule has 1 aromatic carbocycles. The van der Waals surface area contributed by atoms with Crippen LogP contribution in [0.3, 0.4) is 0 Å². The van der Waals surface area contributed by atoms with Gasteiger partial charge in [0.15, 0.2) is 0 Å². The van der Waals surface area contributed by atoms with E-state index in [9.17, 15) is 4.79 Å². The maximum atomic E-state index is 12.2. The van der Waals surface area contributed by atoms with E-state index in [0.717, 1.165) is 29.9 Å². The van der Waals surface area contributed by atoms with Crippen molar-refractivity contribution >= 4 is 23.6 Å². The Hall–Kier alpha value is -2.48. The third-order valence-electron chi connectivity index (χ3n) is 4.33. The molecule has 7 nitrogen and oxygen atoms in total. The number of hydrogen-bond acceptors (Lipinski definition) is 6. The first-order valence-corrected chi connectivity index (χ1v) is 10.1. The van der Waals surface area contributed by atoms with Crippen LogP contribution in [0.5, 0.6) is 5.75 Å². The van der Waals surface area contributed by atoms with Gasteiger partial charge in [-0.3, -0.25) is 4.79 Å². The highest BCUT2D eigenvalue weighted by Gasteiger charge is 2.33. The van der Waals surface area contributed by atoms with Crippen LogP contribution in [0.2, 0.25) is 0 Å². The van der Waals surface area contributed by atoms with E-state index >= 15 is 0 Å². The Morgan fingerprint density at radius 1 is 1.33 bits per heavy atom. The standard InChI is InChI=1S/C19H25N5O2S/c1-4-6-11-27-19-22-18-21-12(3)15(17(20)25)16(24(18)23-19)13-7-9-14(10-8-13)26-5-2/h7-10,16H,4-6,11H2,1-3H3,(H2,20,25)(H,21,22,23). The van der Waals surface area contributed by atoms with Gasteiger partial charge in [0, 0.05) is 11.4 Å². The Kier molecular flexibility index (Phi) is 6.05. The number of rotatable bonds is 8. The molecule has 144 valence electrons. The van der Waals surface area contributed by atoms with E-state index in [0.29, 0.717) is 29.0 Å². The van der Waals surface area contributed by atoms with Crippen LogP contribution in [-0.4, -0.2) is 33.0 Å². The topological polar surface area (TPSA) is 95.1 Å². The van der Waals surface area contributed by atoms with Crippen LogP contribution in [0.1, 0.15) is 45.2 Å². The number of carbonyl (C=O) groups excluding carboxylic acids is 1. The third-order valence-corrected chi connectivity index (χ3v) is 5.26. The molecular formula is C19H25N5O2S. The first-order valence-electron chi connectivity index (χ1n) is 9.14.